The molecule has 0 bridgehead atoms. The van der Waals surface area contributed by atoms with Crippen molar-refractivity contribution in [3.63, 3.8) is 0 Å². The van der Waals surface area contributed by atoms with Crippen LogP contribution in [0.2, 0.25) is 0 Å². The number of anilines is 1. The van der Waals surface area contributed by atoms with E-state index in [1.54, 1.807) is 18.5 Å². The van der Waals surface area contributed by atoms with Gasteiger partial charge in [0.1, 0.15) is 5.69 Å². The number of aromatic nitrogens is 1. The maximum absolute atomic E-state index is 11.6. The number of rotatable bonds is 1. The Hall–Kier alpha value is -2.44. The van der Waals surface area contributed by atoms with Crippen LogP contribution in [0.3, 0.4) is 0 Å². The molecule has 1 aliphatic rings. The molecular weight excluding hydrogens is 230 g/mol. The van der Waals surface area contributed by atoms with Crippen LogP contribution in [0, 0.1) is 5.21 Å². The smallest absolute Gasteiger partial charge is 0.252 e. The van der Waals surface area contributed by atoms with Gasteiger partial charge in [-0.2, -0.15) is 0 Å². The minimum Gasteiger partial charge on any atom is -0.601 e. The van der Waals surface area contributed by atoms with Crippen molar-refractivity contribution < 1.29 is 5.17 Å². The van der Waals surface area contributed by atoms with Gasteiger partial charge in [0.2, 0.25) is 0 Å². The van der Waals surface area contributed by atoms with Gasteiger partial charge in [-0.3, -0.25) is 4.98 Å². The molecule has 0 fully saturated rings. The lowest BCUT2D eigenvalue weighted by Crippen LogP contribution is -2.98. The van der Waals surface area contributed by atoms with Gasteiger partial charge in [0.05, 0.1) is 0 Å². The molecule has 0 saturated heterocycles. The summed E-state index contributed by atoms with van der Waals surface area (Å²) in [6.45, 7) is 0. The molecule has 0 spiro atoms. The van der Waals surface area contributed by atoms with Gasteiger partial charge in [-0.25, -0.2) is 5.17 Å². The fraction of sp³-hybridized carbons (Fsp3) is 0. The molecule has 4 N–H and O–H groups in total. The van der Waals surface area contributed by atoms with E-state index in [-0.39, 0.29) is 11.1 Å². The quantitative estimate of drug-likeness (QED) is 0.631. The van der Waals surface area contributed by atoms with Crippen LogP contribution in [0.15, 0.2) is 47.8 Å². The van der Waals surface area contributed by atoms with Crippen molar-refractivity contribution in [2.75, 3.05) is 5.32 Å². The minimum atomic E-state index is -0.317. The fourth-order valence-corrected chi connectivity index (χ4v) is 1.89. The molecule has 0 radical (unpaired) electrons. The average molecular weight is 241 g/mol. The normalized spacial score (nSPS) is 17.6. The molecule has 1 aliphatic heterocycles. The van der Waals surface area contributed by atoms with E-state index in [1.165, 1.54) is 0 Å². The van der Waals surface area contributed by atoms with Crippen molar-refractivity contribution in [1.29, 1.82) is 0 Å². The van der Waals surface area contributed by atoms with Crippen molar-refractivity contribution in [3.05, 3.63) is 47.9 Å². The Morgan fingerprint density at radius 3 is 2.67 bits per heavy atom. The van der Waals surface area contributed by atoms with E-state index in [0.717, 1.165) is 11.1 Å². The highest BCUT2D eigenvalue weighted by Crippen LogP contribution is 2.27. The molecule has 2 heterocycles. The number of nitrogens with zero attached hydrogens (tertiary/aromatic N) is 2. The first-order chi connectivity index (χ1) is 8.74. The van der Waals surface area contributed by atoms with Crippen LogP contribution in [0.1, 0.15) is 0 Å². The SMILES string of the molecule is NC1=N[NH+]([O-])c2ccc(-c3ccncc3)cc2N1. The lowest BCUT2D eigenvalue weighted by molar-refractivity contribution is -0.783. The first-order valence-electron chi connectivity index (χ1n) is 5.44. The van der Waals surface area contributed by atoms with E-state index < -0.39 is 0 Å². The third-order valence-corrected chi connectivity index (χ3v) is 2.75. The van der Waals surface area contributed by atoms with Gasteiger partial charge in [-0.05, 0) is 40.5 Å². The summed E-state index contributed by atoms with van der Waals surface area (Å²) in [6, 6.07) is 9.32. The predicted octanol–water partition coefficient (Wildman–Crippen LogP) is 0.418. The Balaban J connectivity index is 2.06. The molecule has 18 heavy (non-hydrogen) atoms. The Morgan fingerprint density at radius 1 is 1.11 bits per heavy atom. The minimum absolute atomic E-state index is 0.124. The summed E-state index contributed by atoms with van der Waals surface area (Å²) in [5.74, 6) is 0.124. The van der Waals surface area contributed by atoms with Crippen LogP contribution in [0.25, 0.3) is 11.1 Å². The summed E-state index contributed by atoms with van der Waals surface area (Å²) < 4.78 is 0. The summed E-state index contributed by atoms with van der Waals surface area (Å²) in [6.07, 6.45) is 3.45. The van der Waals surface area contributed by atoms with Gasteiger partial charge >= 0.3 is 0 Å². The van der Waals surface area contributed by atoms with E-state index in [4.69, 9.17) is 5.73 Å². The molecular formula is C12H11N5O. The van der Waals surface area contributed by atoms with Crippen molar-refractivity contribution in [2.24, 2.45) is 10.8 Å². The van der Waals surface area contributed by atoms with Gasteiger partial charge in [0.15, 0.2) is 5.69 Å². The summed E-state index contributed by atoms with van der Waals surface area (Å²) in [7, 11) is 0. The molecule has 1 unspecified atom stereocenters. The van der Waals surface area contributed by atoms with Gasteiger partial charge in [0.25, 0.3) is 5.96 Å². The molecule has 90 valence electrons. The summed E-state index contributed by atoms with van der Waals surface area (Å²) in [5, 5.41) is 17.9. The van der Waals surface area contributed by atoms with Crippen LogP contribution in [0.4, 0.5) is 11.4 Å². The second kappa shape index (κ2) is 4.10. The number of nitrogens with one attached hydrogen (secondary N) is 2. The largest absolute Gasteiger partial charge is 0.601 e. The molecule has 6 heteroatoms. The van der Waals surface area contributed by atoms with Crippen molar-refractivity contribution >= 4 is 17.3 Å². The summed E-state index contributed by atoms with van der Waals surface area (Å²) in [5.41, 5.74) is 8.77. The lowest BCUT2D eigenvalue weighted by atomic mass is 10.1. The molecule has 3 rings (SSSR count). The van der Waals surface area contributed by atoms with Gasteiger partial charge < -0.3 is 16.3 Å². The van der Waals surface area contributed by atoms with Crippen molar-refractivity contribution in [1.82, 2.24) is 4.98 Å². The summed E-state index contributed by atoms with van der Waals surface area (Å²) >= 11 is 0. The zero-order valence-corrected chi connectivity index (χ0v) is 9.42. The highest BCUT2D eigenvalue weighted by molar-refractivity contribution is 5.96. The van der Waals surface area contributed by atoms with E-state index in [9.17, 15) is 5.21 Å². The van der Waals surface area contributed by atoms with Crippen LogP contribution in [-0.4, -0.2) is 10.9 Å². The Morgan fingerprint density at radius 2 is 1.89 bits per heavy atom. The van der Waals surface area contributed by atoms with E-state index in [1.807, 2.05) is 24.3 Å². The number of nitrogens with two attached hydrogens (primary N) is 1. The monoisotopic (exact) mass is 241 g/mol. The number of benzene rings is 1. The lowest BCUT2D eigenvalue weighted by Gasteiger charge is -2.23. The molecule has 0 aliphatic carbocycles. The molecule has 1 atom stereocenters. The molecule has 1 aromatic carbocycles. The number of pyridine rings is 1. The number of fused-ring (bicyclic) bond motifs is 1. The fourth-order valence-electron chi connectivity index (χ4n) is 1.89. The Labute approximate surface area is 103 Å². The maximum Gasteiger partial charge on any atom is 0.252 e. The number of hydrogen-bond donors (Lipinski definition) is 3. The van der Waals surface area contributed by atoms with Crippen LogP contribution in [-0.2, 0) is 0 Å². The number of hydrogen-bond acceptors (Lipinski definition) is 5. The Bertz CT molecular complexity index is 611. The predicted molar refractivity (Wildman–Crippen MR) is 68.9 cm³/mol. The first-order valence-corrected chi connectivity index (χ1v) is 5.44. The Kier molecular flexibility index (Phi) is 2.44. The third-order valence-electron chi connectivity index (χ3n) is 2.75. The second-order valence-corrected chi connectivity index (χ2v) is 3.92. The van der Waals surface area contributed by atoms with E-state index in [2.05, 4.69) is 15.4 Å². The molecule has 2 aromatic rings. The van der Waals surface area contributed by atoms with E-state index in [0.29, 0.717) is 11.4 Å². The van der Waals surface area contributed by atoms with E-state index >= 15 is 0 Å². The average Bonchev–Trinajstić information content (AvgIpc) is 2.39. The van der Waals surface area contributed by atoms with Crippen molar-refractivity contribution in [3.8, 4) is 11.1 Å². The van der Waals surface area contributed by atoms with Gasteiger partial charge in [-0.15, -0.1) is 0 Å². The molecule has 1 aromatic heterocycles. The molecule has 6 nitrogen and oxygen atoms in total. The number of guanidine groups is 1. The number of quaternary nitrogens is 1. The van der Waals surface area contributed by atoms with Crippen LogP contribution < -0.4 is 16.2 Å². The second-order valence-electron chi connectivity index (χ2n) is 3.92. The third kappa shape index (κ3) is 1.79. The molecule has 0 amide bonds. The van der Waals surface area contributed by atoms with Gasteiger partial charge in [0, 0.05) is 18.5 Å². The van der Waals surface area contributed by atoms with Crippen LogP contribution >= 0.6 is 0 Å². The maximum atomic E-state index is 11.6. The summed E-state index contributed by atoms with van der Waals surface area (Å²) in [4.78, 5) is 3.97. The topological polar surface area (TPSA) is 90.8 Å². The standard InChI is InChI=1S/C12H11N5O/c13-12-15-10-7-9(8-3-5-14-6-4-8)1-2-11(10)17(18)16-12/h1-7,17H,(H3,13,15,16). The first kappa shape index (κ1) is 10.7. The molecule has 0 saturated carbocycles. The van der Waals surface area contributed by atoms with Crippen molar-refractivity contribution in [2.45, 2.75) is 0 Å². The van der Waals surface area contributed by atoms with Crippen LogP contribution in [0.5, 0.6) is 0 Å². The highest BCUT2D eigenvalue weighted by atomic mass is 16.5. The zero-order chi connectivity index (χ0) is 12.5. The van der Waals surface area contributed by atoms with Gasteiger partial charge in [-0.1, -0.05) is 0 Å². The highest BCUT2D eigenvalue weighted by Gasteiger charge is 2.17. The zero-order valence-electron chi connectivity index (χ0n) is 9.42.